The van der Waals surface area contributed by atoms with Gasteiger partial charge in [-0.1, -0.05) is 0 Å². The van der Waals surface area contributed by atoms with Crippen LogP contribution in [0.5, 0.6) is 0 Å². The molecule has 1 amide bonds. The minimum Gasteiger partial charge on any atom is -0.348 e. The fraction of sp³-hybridized carbons (Fsp3) is 0.417. The number of rotatable bonds is 2. The molecule has 3 N–H and O–H groups in total. The summed E-state index contributed by atoms with van der Waals surface area (Å²) in [4.78, 5) is 11.7. The van der Waals surface area contributed by atoms with E-state index in [9.17, 15) is 18.0 Å². The average Bonchev–Trinajstić information content (AvgIpc) is 2.71. The fourth-order valence-electron chi connectivity index (χ4n) is 2.11. The Balaban J connectivity index is 2.14. The summed E-state index contributed by atoms with van der Waals surface area (Å²) in [5.41, 5.74) is 5.52. The Bertz CT molecular complexity index is 455. The Labute approximate surface area is 102 Å². The number of amides is 1. The van der Waals surface area contributed by atoms with Crippen LogP contribution in [0.25, 0.3) is 0 Å². The number of halogens is 3. The average molecular weight is 258 g/mol. The highest BCUT2D eigenvalue weighted by atomic mass is 19.2. The van der Waals surface area contributed by atoms with Gasteiger partial charge in [-0.2, -0.15) is 0 Å². The fourth-order valence-corrected chi connectivity index (χ4v) is 2.11. The van der Waals surface area contributed by atoms with Crippen molar-refractivity contribution in [3.63, 3.8) is 0 Å². The van der Waals surface area contributed by atoms with Crippen molar-refractivity contribution < 1.29 is 18.0 Å². The van der Waals surface area contributed by atoms with Gasteiger partial charge in [0.2, 0.25) is 0 Å². The van der Waals surface area contributed by atoms with Crippen molar-refractivity contribution in [3.8, 4) is 0 Å². The van der Waals surface area contributed by atoms with Crippen LogP contribution in [0.3, 0.4) is 0 Å². The minimum absolute atomic E-state index is 0.149. The van der Waals surface area contributed by atoms with Gasteiger partial charge in [0.15, 0.2) is 17.5 Å². The molecule has 1 aromatic rings. The Morgan fingerprint density at radius 2 is 1.83 bits per heavy atom. The molecule has 3 nitrogen and oxygen atoms in total. The van der Waals surface area contributed by atoms with Gasteiger partial charge in [-0.25, -0.2) is 13.2 Å². The number of carbonyl (C=O) groups is 1. The van der Waals surface area contributed by atoms with Crippen LogP contribution in [0.1, 0.15) is 29.6 Å². The lowest BCUT2D eigenvalue weighted by Crippen LogP contribution is -2.44. The second kappa shape index (κ2) is 4.97. The Hall–Kier alpha value is -1.56. The van der Waals surface area contributed by atoms with E-state index in [1.54, 1.807) is 0 Å². The molecular formula is C12H13F3N2O. The molecule has 0 heterocycles. The van der Waals surface area contributed by atoms with E-state index < -0.39 is 23.4 Å². The molecule has 0 bridgehead atoms. The predicted molar refractivity (Wildman–Crippen MR) is 59.4 cm³/mol. The summed E-state index contributed by atoms with van der Waals surface area (Å²) in [6.45, 7) is 0. The van der Waals surface area contributed by atoms with Crippen molar-refractivity contribution in [2.75, 3.05) is 0 Å². The molecule has 2 rings (SSSR count). The standard InChI is InChI=1S/C12H13F3N2O/c13-7-4-6(5-8(14)11(7)15)12(18)17-10-3-1-2-9(10)16/h4-5,9-10H,1-3,16H2,(H,17,18). The molecule has 1 fully saturated rings. The molecule has 1 aliphatic rings. The number of benzene rings is 1. The molecule has 1 aromatic carbocycles. The quantitative estimate of drug-likeness (QED) is 0.793. The molecule has 2 atom stereocenters. The van der Waals surface area contributed by atoms with Gasteiger partial charge in [-0.05, 0) is 31.4 Å². The third-order valence-electron chi connectivity index (χ3n) is 3.13. The lowest BCUT2D eigenvalue weighted by atomic mass is 10.1. The number of hydrogen-bond acceptors (Lipinski definition) is 2. The van der Waals surface area contributed by atoms with Gasteiger partial charge in [0.25, 0.3) is 5.91 Å². The first-order valence-corrected chi connectivity index (χ1v) is 5.70. The summed E-state index contributed by atoms with van der Waals surface area (Å²) in [5, 5.41) is 2.60. The predicted octanol–water partition coefficient (Wildman–Crippen LogP) is 1.71. The van der Waals surface area contributed by atoms with E-state index in [0.717, 1.165) is 19.3 Å². The van der Waals surface area contributed by atoms with Gasteiger partial charge >= 0.3 is 0 Å². The topological polar surface area (TPSA) is 55.1 Å². The monoisotopic (exact) mass is 258 g/mol. The van der Waals surface area contributed by atoms with Crippen molar-refractivity contribution >= 4 is 5.91 Å². The summed E-state index contributed by atoms with van der Waals surface area (Å²) in [5.74, 6) is -4.98. The van der Waals surface area contributed by atoms with Crippen molar-refractivity contribution in [1.29, 1.82) is 0 Å². The molecule has 1 saturated carbocycles. The van der Waals surface area contributed by atoms with Gasteiger partial charge in [0.1, 0.15) is 0 Å². The van der Waals surface area contributed by atoms with Gasteiger partial charge in [-0.15, -0.1) is 0 Å². The van der Waals surface area contributed by atoms with Crippen LogP contribution in [0.15, 0.2) is 12.1 Å². The Morgan fingerprint density at radius 3 is 2.33 bits per heavy atom. The van der Waals surface area contributed by atoms with Crippen LogP contribution in [0.4, 0.5) is 13.2 Å². The molecule has 98 valence electrons. The lowest BCUT2D eigenvalue weighted by molar-refractivity contribution is 0.0933. The molecule has 1 aliphatic carbocycles. The van der Waals surface area contributed by atoms with Crippen LogP contribution >= 0.6 is 0 Å². The zero-order chi connectivity index (χ0) is 13.3. The largest absolute Gasteiger partial charge is 0.348 e. The molecule has 0 saturated heterocycles. The van der Waals surface area contributed by atoms with Gasteiger partial charge in [0, 0.05) is 17.6 Å². The first-order chi connectivity index (χ1) is 8.49. The summed E-state index contributed by atoms with van der Waals surface area (Å²) >= 11 is 0. The maximum absolute atomic E-state index is 13.0. The van der Waals surface area contributed by atoms with Crippen molar-refractivity contribution in [3.05, 3.63) is 35.1 Å². The van der Waals surface area contributed by atoms with Crippen molar-refractivity contribution in [2.45, 2.75) is 31.3 Å². The normalized spacial score (nSPS) is 23.1. The molecule has 6 heteroatoms. The third-order valence-corrected chi connectivity index (χ3v) is 3.13. The van der Waals surface area contributed by atoms with Crippen LogP contribution in [-0.2, 0) is 0 Å². The zero-order valence-corrected chi connectivity index (χ0v) is 9.55. The molecular weight excluding hydrogens is 245 g/mol. The van der Waals surface area contributed by atoms with E-state index in [-0.39, 0.29) is 17.6 Å². The van der Waals surface area contributed by atoms with E-state index in [4.69, 9.17) is 5.73 Å². The second-order valence-electron chi connectivity index (χ2n) is 4.43. The number of nitrogens with one attached hydrogen (secondary N) is 1. The third kappa shape index (κ3) is 2.48. The highest BCUT2D eigenvalue weighted by Gasteiger charge is 2.26. The van der Waals surface area contributed by atoms with Crippen molar-refractivity contribution in [2.24, 2.45) is 5.73 Å². The molecule has 2 unspecified atom stereocenters. The van der Waals surface area contributed by atoms with Crippen LogP contribution in [0.2, 0.25) is 0 Å². The summed E-state index contributed by atoms with van der Waals surface area (Å²) < 4.78 is 38.7. The zero-order valence-electron chi connectivity index (χ0n) is 9.55. The van der Waals surface area contributed by atoms with E-state index >= 15 is 0 Å². The number of carbonyl (C=O) groups excluding carboxylic acids is 1. The molecule has 0 aliphatic heterocycles. The first kappa shape index (κ1) is 12.9. The highest BCUT2D eigenvalue weighted by molar-refractivity contribution is 5.94. The maximum atomic E-state index is 13.0. The SMILES string of the molecule is NC1CCCC1NC(=O)c1cc(F)c(F)c(F)c1. The van der Waals surface area contributed by atoms with Crippen LogP contribution < -0.4 is 11.1 Å². The molecule has 0 radical (unpaired) electrons. The molecule has 18 heavy (non-hydrogen) atoms. The first-order valence-electron chi connectivity index (χ1n) is 5.70. The highest BCUT2D eigenvalue weighted by Crippen LogP contribution is 2.18. The van der Waals surface area contributed by atoms with E-state index in [1.165, 1.54) is 0 Å². The summed E-state index contributed by atoms with van der Waals surface area (Å²) in [6, 6.07) is 1.00. The number of nitrogens with two attached hydrogens (primary N) is 1. The smallest absolute Gasteiger partial charge is 0.251 e. The second-order valence-corrected chi connectivity index (χ2v) is 4.43. The molecule has 0 spiro atoms. The Morgan fingerprint density at radius 1 is 1.22 bits per heavy atom. The van der Waals surface area contributed by atoms with Crippen LogP contribution in [-0.4, -0.2) is 18.0 Å². The molecule has 0 aromatic heterocycles. The van der Waals surface area contributed by atoms with E-state index in [1.807, 2.05) is 0 Å². The lowest BCUT2D eigenvalue weighted by Gasteiger charge is -2.17. The summed E-state index contributed by atoms with van der Waals surface area (Å²) in [6.07, 6.45) is 2.44. The summed E-state index contributed by atoms with van der Waals surface area (Å²) in [7, 11) is 0. The van der Waals surface area contributed by atoms with E-state index in [2.05, 4.69) is 5.32 Å². The number of hydrogen-bond donors (Lipinski definition) is 2. The van der Waals surface area contributed by atoms with E-state index in [0.29, 0.717) is 12.1 Å². The maximum Gasteiger partial charge on any atom is 0.251 e. The van der Waals surface area contributed by atoms with Gasteiger partial charge in [-0.3, -0.25) is 4.79 Å². The minimum atomic E-state index is -1.58. The van der Waals surface area contributed by atoms with Crippen LogP contribution in [0, 0.1) is 17.5 Å². The van der Waals surface area contributed by atoms with Gasteiger partial charge < -0.3 is 11.1 Å². The van der Waals surface area contributed by atoms with Gasteiger partial charge in [0.05, 0.1) is 0 Å². The Kier molecular flexibility index (Phi) is 3.56. The van der Waals surface area contributed by atoms with Crippen molar-refractivity contribution in [1.82, 2.24) is 5.32 Å².